The molecule has 1 rings (SSSR count). The molecule has 0 radical (unpaired) electrons. The Morgan fingerprint density at radius 1 is 1.29 bits per heavy atom. The largest absolute Gasteiger partial charge is 0.299 e. The molecular weight excluding hydrogens is 186 g/mol. The molecule has 0 saturated carbocycles. The quantitative estimate of drug-likeness (QED) is 0.510. The van der Waals surface area contributed by atoms with E-state index in [4.69, 9.17) is 10.5 Å². The van der Waals surface area contributed by atoms with Gasteiger partial charge in [-0.2, -0.15) is 10.5 Å². The monoisotopic (exact) mass is 189 g/mol. The molecule has 1 aromatic rings. The van der Waals surface area contributed by atoms with Crippen LogP contribution in [0.25, 0.3) is 0 Å². The summed E-state index contributed by atoms with van der Waals surface area (Å²) in [5, 5.41) is 26.1. The van der Waals surface area contributed by atoms with Crippen LogP contribution >= 0.6 is 0 Å². The van der Waals surface area contributed by atoms with E-state index in [1.807, 2.05) is 0 Å². The summed E-state index contributed by atoms with van der Waals surface area (Å²) < 4.78 is 0. The van der Waals surface area contributed by atoms with Crippen LogP contribution in [0.4, 0.5) is 0 Å². The Bertz CT molecular complexity index is 456. The molecule has 0 amide bonds. The van der Waals surface area contributed by atoms with Gasteiger partial charge in [0.25, 0.3) is 5.09 Å². The Kier molecular flexibility index (Phi) is 2.63. The van der Waals surface area contributed by atoms with Gasteiger partial charge in [-0.15, -0.1) is 10.1 Å². The fourth-order valence-corrected chi connectivity index (χ4v) is 0.856. The van der Waals surface area contributed by atoms with Gasteiger partial charge in [0.15, 0.2) is 0 Å². The lowest BCUT2D eigenvalue weighted by Gasteiger charge is -1.98. The minimum absolute atomic E-state index is 0.0480. The number of nitrogens with zero attached hydrogens (tertiary/aromatic N) is 3. The third-order valence-corrected chi connectivity index (χ3v) is 1.41. The Morgan fingerprint density at radius 3 is 2.43 bits per heavy atom. The van der Waals surface area contributed by atoms with Crippen LogP contribution < -0.4 is 4.84 Å². The van der Waals surface area contributed by atoms with Gasteiger partial charge < -0.3 is 0 Å². The zero-order valence-corrected chi connectivity index (χ0v) is 6.80. The SMILES string of the molecule is N#Cc1ccc(O[N+](=O)[O-])cc1C#N. The zero-order valence-electron chi connectivity index (χ0n) is 6.80. The number of nitriles is 2. The fourth-order valence-electron chi connectivity index (χ4n) is 0.856. The molecule has 0 aliphatic heterocycles. The van der Waals surface area contributed by atoms with Crippen LogP contribution in [-0.4, -0.2) is 5.09 Å². The van der Waals surface area contributed by atoms with Gasteiger partial charge in [-0.3, -0.25) is 4.84 Å². The maximum absolute atomic E-state index is 9.96. The van der Waals surface area contributed by atoms with E-state index in [-0.39, 0.29) is 16.9 Å². The Labute approximate surface area is 78.7 Å². The van der Waals surface area contributed by atoms with Gasteiger partial charge in [0.1, 0.15) is 17.9 Å². The van der Waals surface area contributed by atoms with Crippen LogP contribution in [0.3, 0.4) is 0 Å². The van der Waals surface area contributed by atoms with Gasteiger partial charge >= 0.3 is 0 Å². The molecule has 0 aromatic heterocycles. The molecule has 0 aliphatic rings. The fraction of sp³-hybridized carbons (Fsp3) is 0. The topological polar surface area (TPSA) is 99.9 Å². The van der Waals surface area contributed by atoms with Gasteiger partial charge in [0, 0.05) is 0 Å². The first-order chi connectivity index (χ1) is 6.67. The molecule has 6 heteroatoms. The first-order valence-electron chi connectivity index (χ1n) is 3.44. The highest BCUT2D eigenvalue weighted by molar-refractivity contribution is 5.48. The van der Waals surface area contributed by atoms with Crippen LogP contribution in [0.5, 0.6) is 5.75 Å². The minimum Gasteiger partial charge on any atom is -0.276 e. The molecule has 1 aromatic carbocycles. The number of rotatable bonds is 2. The molecule has 6 nitrogen and oxygen atoms in total. The van der Waals surface area contributed by atoms with Crippen molar-refractivity contribution in [3.63, 3.8) is 0 Å². The normalized spacial score (nSPS) is 8.43. The van der Waals surface area contributed by atoms with Gasteiger partial charge in [-0.05, 0) is 18.2 Å². The van der Waals surface area contributed by atoms with Crippen molar-refractivity contribution in [2.24, 2.45) is 0 Å². The highest BCUT2D eigenvalue weighted by Gasteiger charge is 2.05. The molecule has 0 aliphatic carbocycles. The molecule has 0 atom stereocenters. The lowest BCUT2D eigenvalue weighted by atomic mass is 10.1. The first kappa shape index (κ1) is 9.49. The van der Waals surface area contributed by atoms with Crippen molar-refractivity contribution in [2.75, 3.05) is 0 Å². The first-order valence-corrected chi connectivity index (χ1v) is 3.44. The number of hydrogen-bond donors (Lipinski definition) is 0. The van der Waals surface area contributed by atoms with Crippen molar-refractivity contribution in [1.82, 2.24) is 0 Å². The van der Waals surface area contributed by atoms with Crippen molar-refractivity contribution in [1.29, 1.82) is 10.5 Å². The van der Waals surface area contributed by atoms with E-state index in [0.717, 1.165) is 6.07 Å². The second-order valence-electron chi connectivity index (χ2n) is 2.25. The summed E-state index contributed by atoms with van der Waals surface area (Å²) in [5.41, 5.74) is 0.204. The molecule has 0 spiro atoms. The third-order valence-electron chi connectivity index (χ3n) is 1.41. The summed E-state index contributed by atoms with van der Waals surface area (Å²) in [5.74, 6) is -0.0782. The lowest BCUT2D eigenvalue weighted by Crippen LogP contribution is -2.03. The van der Waals surface area contributed by atoms with E-state index in [2.05, 4.69) is 4.84 Å². The van der Waals surface area contributed by atoms with Crippen LogP contribution in [-0.2, 0) is 0 Å². The summed E-state index contributed by atoms with van der Waals surface area (Å²) >= 11 is 0. The Morgan fingerprint density at radius 2 is 1.93 bits per heavy atom. The second kappa shape index (κ2) is 3.87. The van der Waals surface area contributed by atoms with E-state index >= 15 is 0 Å². The van der Waals surface area contributed by atoms with Crippen LogP contribution in [0.1, 0.15) is 11.1 Å². The average Bonchev–Trinajstić information content (AvgIpc) is 2.16. The Balaban J connectivity index is 3.11. The maximum atomic E-state index is 9.96. The molecule has 0 heterocycles. The molecule has 68 valence electrons. The molecule has 0 N–H and O–H groups in total. The van der Waals surface area contributed by atoms with Gasteiger partial charge in [-0.25, -0.2) is 0 Å². The minimum atomic E-state index is -0.984. The lowest BCUT2D eigenvalue weighted by molar-refractivity contribution is -0.711. The molecule has 0 saturated heterocycles. The molecule has 0 fully saturated rings. The van der Waals surface area contributed by atoms with E-state index in [1.165, 1.54) is 12.1 Å². The van der Waals surface area contributed by atoms with Crippen molar-refractivity contribution in [3.8, 4) is 17.9 Å². The van der Waals surface area contributed by atoms with Crippen molar-refractivity contribution in [2.45, 2.75) is 0 Å². The van der Waals surface area contributed by atoms with Crippen LogP contribution in [0.15, 0.2) is 18.2 Å². The predicted molar refractivity (Wildman–Crippen MR) is 43.5 cm³/mol. The van der Waals surface area contributed by atoms with Crippen molar-refractivity contribution >= 4 is 0 Å². The number of hydrogen-bond acceptors (Lipinski definition) is 5. The van der Waals surface area contributed by atoms with Gasteiger partial charge in [0.2, 0.25) is 0 Å². The van der Waals surface area contributed by atoms with Crippen molar-refractivity contribution in [3.05, 3.63) is 39.4 Å². The van der Waals surface area contributed by atoms with E-state index in [0.29, 0.717) is 0 Å². The van der Waals surface area contributed by atoms with Gasteiger partial charge in [0.05, 0.1) is 11.1 Å². The Hall–Kier alpha value is -2.60. The summed E-state index contributed by atoms with van der Waals surface area (Å²) in [4.78, 5) is 14.1. The van der Waals surface area contributed by atoms with E-state index < -0.39 is 5.09 Å². The number of benzene rings is 1. The smallest absolute Gasteiger partial charge is 0.276 e. The van der Waals surface area contributed by atoms with Crippen molar-refractivity contribution < 1.29 is 9.92 Å². The molecular formula is C8H3N3O3. The summed E-state index contributed by atoms with van der Waals surface area (Å²) in [6, 6.07) is 7.20. The molecule has 0 bridgehead atoms. The standard InChI is InChI=1S/C8H3N3O3/c9-4-6-1-2-8(14-11(12)13)3-7(6)5-10/h1-3H. The highest BCUT2D eigenvalue weighted by atomic mass is 17.0. The van der Waals surface area contributed by atoms with E-state index in [1.54, 1.807) is 12.1 Å². The highest BCUT2D eigenvalue weighted by Crippen LogP contribution is 2.16. The third kappa shape index (κ3) is 1.96. The summed E-state index contributed by atoms with van der Waals surface area (Å²) in [6.45, 7) is 0. The molecule has 14 heavy (non-hydrogen) atoms. The predicted octanol–water partition coefficient (Wildman–Crippen LogP) is 1.00. The van der Waals surface area contributed by atoms with E-state index in [9.17, 15) is 10.1 Å². The average molecular weight is 189 g/mol. The maximum Gasteiger partial charge on any atom is 0.299 e. The molecule has 0 unspecified atom stereocenters. The zero-order chi connectivity index (χ0) is 10.6. The summed E-state index contributed by atoms with van der Waals surface area (Å²) in [7, 11) is 0. The second-order valence-corrected chi connectivity index (χ2v) is 2.25. The van der Waals surface area contributed by atoms with Gasteiger partial charge in [-0.1, -0.05) is 0 Å². The van der Waals surface area contributed by atoms with Crippen LogP contribution in [0, 0.1) is 32.8 Å². The van der Waals surface area contributed by atoms with Crippen LogP contribution in [0.2, 0.25) is 0 Å². The summed E-state index contributed by atoms with van der Waals surface area (Å²) in [6.07, 6.45) is 0.